The van der Waals surface area contributed by atoms with Gasteiger partial charge in [0.1, 0.15) is 0 Å². The Labute approximate surface area is 119 Å². The molecule has 19 heavy (non-hydrogen) atoms. The topological polar surface area (TPSA) is 26.0 Å². The molecule has 0 saturated carbocycles. The van der Waals surface area contributed by atoms with E-state index < -0.39 is 0 Å². The third-order valence-corrected chi connectivity index (χ3v) is 3.81. The summed E-state index contributed by atoms with van der Waals surface area (Å²) in [5, 5.41) is 0. The maximum atomic E-state index is 6.06. The van der Waals surface area contributed by atoms with Gasteiger partial charge in [0, 0.05) is 5.54 Å². The van der Waals surface area contributed by atoms with Gasteiger partial charge in [-0.2, -0.15) is 0 Å². The first-order chi connectivity index (χ1) is 8.50. The van der Waals surface area contributed by atoms with Crippen LogP contribution in [0.3, 0.4) is 0 Å². The fourth-order valence-corrected chi connectivity index (χ4v) is 2.54. The first-order valence-electron chi connectivity index (χ1n) is 7.40. The lowest BCUT2D eigenvalue weighted by Gasteiger charge is -2.23. The average Bonchev–Trinajstić information content (AvgIpc) is 2.18. The molecule has 0 unspecified atom stereocenters. The minimum Gasteiger partial charge on any atom is -0.326 e. The van der Waals surface area contributed by atoms with Gasteiger partial charge >= 0.3 is 0 Å². The molecule has 0 fully saturated rings. The summed E-state index contributed by atoms with van der Waals surface area (Å²) in [5.41, 5.74) is 12.0. The molecule has 0 aliphatic heterocycles. The summed E-state index contributed by atoms with van der Waals surface area (Å²) in [5.74, 6) is 0. The molecular weight excluding hydrogens is 230 g/mol. The zero-order chi connectivity index (χ0) is 14.8. The van der Waals surface area contributed by atoms with E-state index >= 15 is 0 Å². The number of nitrogens with two attached hydrogens (primary N) is 1. The lowest BCUT2D eigenvalue weighted by Crippen LogP contribution is -2.31. The molecule has 0 aliphatic carbocycles. The third kappa shape index (κ3) is 4.99. The van der Waals surface area contributed by atoms with Crippen LogP contribution in [0.4, 0.5) is 0 Å². The van der Waals surface area contributed by atoms with E-state index in [1.54, 1.807) is 0 Å². The summed E-state index contributed by atoms with van der Waals surface area (Å²) in [6.07, 6.45) is 3.38. The minimum atomic E-state index is -0.0485. The molecular formula is C18H31N. The Bertz CT molecular complexity index is 407. The Balaban J connectivity index is 2.87. The van der Waals surface area contributed by atoms with Gasteiger partial charge in [0.15, 0.2) is 0 Å². The van der Waals surface area contributed by atoms with E-state index in [2.05, 4.69) is 60.6 Å². The largest absolute Gasteiger partial charge is 0.326 e. The molecule has 1 heteroatoms. The molecule has 0 amide bonds. The first kappa shape index (κ1) is 16.2. The molecule has 1 aromatic carbocycles. The summed E-state index contributed by atoms with van der Waals surface area (Å²) in [6.45, 7) is 15.5. The second-order valence-corrected chi connectivity index (χ2v) is 7.68. The average molecular weight is 261 g/mol. The van der Waals surface area contributed by atoms with Crippen LogP contribution in [-0.2, 0) is 11.8 Å². The van der Waals surface area contributed by atoms with Crippen LogP contribution in [0.25, 0.3) is 0 Å². The van der Waals surface area contributed by atoms with Gasteiger partial charge in [-0.15, -0.1) is 0 Å². The lowest BCUT2D eigenvalue weighted by molar-refractivity contribution is 0.458. The normalized spacial score (nSPS) is 12.8. The van der Waals surface area contributed by atoms with E-state index in [9.17, 15) is 0 Å². The van der Waals surface area contributed by atoms with Crippen LogP contribution in [0.5, 0.6) is 0 Å². The number of hydrogen-bond donors (Lipinski definition) is 1. The number of rotatable bonds is 4. The second-order valence-electron chi connectivity index (χ2n) is 7.68. The Morgan fingerprint density at radius 1 is 0.947 bits per heavy atom. The maximum Gasteiger partial charge on any atom is 0.00971 e. The van der Waals surface area contributed by atoms with Crippen LogP contribution in [0.2, 0.25) is 0 Å². The highest BCUT2D eigenvalue weighted by Crippen LogP contribution is 2.27. The predicted molar refractivity (Wildman–Crippen MR) is 85.8 cm³/mol. The van der Waals surface area contributed by atoms with Crippen molar-refractivity contribution in [3.63, 3.8) is 0 Å². The van der Waals surface area contributed by atoms with Crippen LogP contribution in [0, 0.1) is 13.8 Å². The van der Waals surface area contributed by atoms with Gasteiger partial charge in [0.05, 0.1) is 0 Å². The van der Waals surface area contributed by atoms with Gasteiger partial charge in [-0.05, 0) is 74.6 Å². The zero-order valence-corrected chi connectivity index (χ0v) is 13.9. The van der Waals surface area contributed by atoms with E-state index in [1.165, 1.54) is 28.7 Å². The Hall–Kier alpha value is -0.820. The fraction of sp³-hybridized carbons (Fsp3) is 0.667. The van der Waals surface area contributed by atoms with E-state index in [4.69, 9.17) is 5.73 Å². The van der Waals surface area contributed by atoms with Gasteiger partial charge < -0.3 is 5.73 Å². The van der Waals surface area contributed by atoms with Crippen molar-refractivity contribution in [2.45, 2.75) is 78.7 Å². The molecule has 0 radical (unpaired) electrons. The molecule has 0 saturated heterocycles. The maximum absolute atomic E-state index is 6.06. The van der Waals surface area contributed by atoms with Crippen LogP contribution >= 0.6 is 0 Å². The van der Waals surface area contributed by atoms with Crippen LogP contribution in [-0.4, -0.2) is 5.54 Å². The molecule has 1 rings (SSSR count). The van der Waals surface area contributed by atoms with Crippen LogP contribution < -0.4 is 5.73 Å². The van der Waals surface area contributed by atoms with Gasteiger partial charge in [0.2, 0.25) is 0 Å². The quantitative estimate of drug-likeness (QED) is 0.838. The molecule has 108 valence electrons. The van der Waals surface area contributed by atoms with Crippen molar-refractivity contribution in [3.05, 3.63) is 34.4 Å². The van der Waals surface area contributed by atoms with Crippen molar-refractivity contribution in [1.29, 1.82) is 0 Å². The molecule has 1 aromatic rings. The molecule has 0 heterocycles. The highest BCUT2D eigenvalue weighted by atomic mass is 14.7. The molecule has 0 aliphatic rings. The van der Waals surface area contributed by atoms with E-state index in [-0.39, 0.29) is 11.0 Å². The Morgan fingerprint density at radius 2 is 1.42 bits per heavy atom. The monoisotopic (exact) mass is 261 g/mol. The van der Waals surface area contributed by atoms with Crippen LogP contribution in [0.1, 0.15) is 69.7 Å². The molecule has 0 bridgehead atoms. The summed E-state index contributed by atoms with van der Waals surface area (Å²) in [7, 11) is 0. The van der Waals surface area contributed by atoms with Crippen molar-refractivity contribution < 1.29 is 0 Å². The van der Waals surface area contributed by atoms with Crippen molar-refractivity contribution in [3.8, 4) is 0 Å². The number of benzene rings is 1. The summed E-state index contributed by atoms with van der Waals surface area (Å²) >= 11 is 0. The van der Waals surface area contributed by atoms with Crippen molar-refractivity contribution in [1.82, 2.24) is 0 Å². The zero-order valence-electron chi connectivity index (χ0n) is 13.9. The van der Waals surface area contributed by atoms with Gasteiger partial charge in [-0.3, -0.25) is 0 Å². The Kier molecular flexibility index (Phi) is 4.84. The fourth-order valence-electron chi connectivity index (χ4n) is 2.54. The van der Waals surface area contributed by atoms with E-state index in [0.717, 1.165) is 12.8 Å². The van der Waals surface area contributed by atoms with Gasteiger partial charge in [-0.1, -0.05) is 32.9 Å². The van der Waals surface area contributed by atoms with Gasteiger partial charge in [0.25, 0.3) is 0 Å². The minimum absolute atomic E-state index is 0.0485. The smallest absolute Gasteiger partial charge is 0.00971 e. The molecule has 0 spiro atoms. The third-order valence-electron chi connectivity index (χ3n) is 3.81. The summed E-state index contributed by atoms with van der Waals surface area (Å²) in [6, 6.07) is 4.71. The molecule has 1 nitrogen and oxygen atoms in total. The summed E-state index contributed by atoms with van der Waals surface area (Å²) in [4.78, 5) is 0. The first-order valence-corrected chi connectivity index (χ1v) is 7.40. The standard InChI is InChI=1S/C18H31N/c1-13-11-15(17(3,4)5)12-14(2)16(13)9-8-10-18(6,7)19/h11-12H,8-10,19H2,1-7H3. The predicted octanol–water partition coefficient (Wildman–Crippen LogP) is 4.66. The highest BCUT2D eigenvalue weighted by Gasteiger charge is 2.16. The number of hydrogen-bond acceptors (Lipinski definition) is 1. The van der Waals surface area contributed by atoms with Gasteiger partial charge in [-0.25, -0.2) is 0 Å². The van der Waals surface area contributed by atoms with E-state index in [1.807, 2.05) is 0 Å². The molecule has 0 atom stereocenters. The highest BCUT2D eigenvalue weighted by molar-refractivity contribution is 5.40. The lowest BCUT2D eigenvalue weighted by atomic mass is 9.83. The molecule has 0 aromatic heterocycles. The molecule has 2 N–H and O–H groups in total. The van der Waals surface area contributed by atoms with Crippen molar-refractivity contribution in [2.75, 3.05) is 0 Å². The second kappa shape index (κ2) is 5.66. The van der Waals surface area contributed by atoms with E-state index in [0.29, 0.717) is 0 Å². The summed E-state index contributed by atoms with van der Waals surface area (Å²) < 4.78 is 0. The number of aryl methyl sites for hydroxylation is 2. The van der Waals surface area contributed by atoms with Crippen molar-refractivity contribution in [2.24, 2.45) is 5.73 Å². The van der Waals surface area contributed by atoms with Crippen molar-refractivity contribution >= 4 is 0 Å². The van der Waals surface area contributed by atoms with Crippen LogP contribution in [0.15, 0.2) is 12.1 Å². The Morgan fingerprint density at radius 3 is 1.79 bits per heavy atom. The SMILES string of the molecule is Cc1cc(C(C)(C)C)cc(C)c1CCCC(C)(C)N.